The van der Waals surface area contributed by atoms with Crippen LogP contribution in [-0.4, -0.2) is 72.7 Å². The van der Waals surface area contributed by atoms with Crippen LogP contribution in [0.5, 0.6) is 0 Å². The largest absolute Gasteiger partial charge is 0.480 e. The predicted octanol–water partition coefficient (Wildman–Crippen LogP) is 1.32. The van der Waals surface area contributed by atoms with Gasteiger partial charge in [0.2, 0.25) is 5.91 Å². The van der Waals surface area contributed by atoms with Crippen LogP contribution in [0.1, 0.15) is 30.9 Å². The van der Waals surface area contributed by atoms with Crippen molar-refractivity contribution >= 4 is 11.9 Å². The lowest BCUT2D eigenvalue weighted by Gasteiger charge is -2.35. The maximum Gasteiger partial charge on any atom is 0.317 e. The molecule has 150 valence electrons. The SMILES string of the molecule is CCOCc1ccc(CNC(=O)CN2CCC(N(C)CC(=O)O)CC2)cc1. The summed E-state index contributed by atoms with van der Waals surface area (Å²) >= 11 is 0. The maximum absolute atomic E-state index is 12.2. The Bertz CT molecular complexity index is 598. The second-order valence-electron chi connectivity index (χ2n) is 7.05. The lowest BCUT2D eigenvalue weighted by molar-refractivity contribution is -0.138. The summed E-state index contributed by atoms with van der Waals surface area (Å²) in [6, 6.07) is 8.35. The second kappa shape index (κ2) is 11.0. The van der Waals surface area contributed by atoms with Crippen LogP contribution in [0.15, 0.2) is 24.3 Å². The molecule has 1 heterocycles. The highest BCUT2D eigenvalue weighted by molar-refractivity contribution is 5.78. The number of hydrogen-bond acceptors (Lipinski definition) is 5. The molecule has 7 heteroatoms. The monoisotopic (exact) mass is 377 g/mol. The van der Waals surface area contributed by atoms with Crippen LogP contribution in [0.4, 0.5) is 0 Å². The van der Waals surface area contributed by atoms with E-state index in [4.69, 9.17) is 9.84 Å². The first-order valence-corrected chi connectivity index (χ1v) is 9.54. The first kappa shape index (κ1) is 21.3. The lowest BCUT2D eigenvalue weighted by Crippen LogP contribution is -2.47. The van der Waals surface area contributed by atoms with E-state index in [1.165, 1.54) is 0 Å². The number of nitrogens with one attached hydrogen (secondary N) is 1. The zero-order valence-electron chi connectivity index (χ0n) is 16.3. The molecule has 1 aromatic carbocycles. The number of carboxylic acid groups (broad SMARTS) is 1. The molecule has 27 heavy (non-hydrogen) atoms. The number of benzene rings is 1. The third kappa shape index (κ3) is 7.66. The molecule has 1 aromatic rings. The number of amides is 1. The Labute approximate surface area is 161 Å². The number of ether oxygens (including phenoxy) is 1. The van der Waals surface area contributed by atoms with Crippen LogP contribution in [0.3, 0.4) is 0 Å². The molecule has 0 radical (unpaired) electrons. The molecule has 1 fully saturated rings. The number of likely N-dealkylation sites (N-methyl/N-ethyl adjacent to an activating group) is 1. The van der Waals surface area contributed by atoms with Crippen molar-refractivity contribution in [2.75, 3.05) is 39.8 Å². The number of likely N-dealkylation sites (tertiary alicyclic amines) is 1. The smallest absolute Gasteiger partial charge is 0.317 e. The molecule has 2 rings (SSSR count). The van der Waals surface area contributed by atoms with Crippen molar-refractivity contribution in [2.45, 2.75) is 39.0 Å². The summed E-state index contributed by atoms with van der Waals surface area (Å²) in [4.78, 5) is 27.0. The van der Waals surface area contributed by atoms with Gasteiger partial charge in [0.1, 0.15) is 0 Å². The fraction of sp³-hybridized carbons (Fsp3) is 0.600. The zero-order chi connectivity index (χ0) is 19.6. The van der Waals surface area contributed by atoms with Crippen LogP contribution in [0.25, 0.3) is 0 Å². The van der Waals surface area contributed by atoms with Crippen molar-refractivity contribution < 1.29 is 19.4 Å². The normalized spacial score (nSPS) is 15.8. The standard InChI is InChI=1S/C20H31N3O4/c1-3-27-15-17-6-4-16(5-7-17)12-21-19(24)13-23-10-8-18(9-11-23)22(2)14-20(25)26/h4-7,18H,3,8-15H2,1-2H3,(H,21,24)(H,25,26). The molecule has 2 N–H and O–H groups in total. The Kier molecular flexibility index (Phi) is 8.71. The van der Waals surface area contributed by atoms with E-state index in [0.717, 1.165) is 37.1 Å². The minimum atomic E-state index is -0.801. The van der Waals surface area contributed by atoms with Gasteiger partial charge in [-0.3, -0.25) is 19.4 Å². The molecule has 1 saturated heterocycles. The Morgan fingerprint density at radius 1 is 1.22 bits per heavy atom. The summed E-state index contributed by atoms with van der Waals surface area (Å²) in [6.07, 6.45) is 1.77. The third-order valence-corrected chi connectivity index (χ3v) is 4.92. The quantitative estimate of drug-likeness (QED) is 0.640. The van der Waals surface area contributed by atoms with Crippen LogP contribution in [0.2, 0.25) is 0 Å². The fourth-order valence-electron chi connectivity index (χ4n) is 3.29. The van der Waals surface area contributed by atoms with Crippen LogP contribution < -0.4 is 5.32 Å². The van der Waals surface area contributed by atoms with Gasteiger partial charge in [-0.25, -0.2) is 0 Å². The fourth-order valence-corrected chi connectivity index (χ4v) is 3.29. The third-order valence-electron chi connectivity index (χ3n) is 4.92. The summed E-state index contributed by atoms with van der Waals surface area (Å²) < 4.78 is 5.38. The van der Waals surface area contributed by atoms with Gasteiger partial charge >= 0.3 is 5.97 Å². The molecule has 0 aromatic heterocycles. The Hall–Kier alpha value is -1.96. The van der Waals surface area contributed by atoms with Crippen LogP contribution >= 0.6 is 0 Å². The Balaban J connectivity index is 1.67. The predicted molar refractivity (Wildman–Crippen MR) is 103 cm³/mol. The summed E-state index contributed by atoms with van der Waals surface area (Å²) in [5, 5.41) is 11.8. The summed E-state index contributed by atoms with van der Waals surface area (Å²) in [7, 11) is 1.85. The number of carboxylic acids is 1. The van der Waals surface area contributed by atoms with E-state index in [-0.39, 0.29) is 18.5 Å². The average Bonchev–Trinajstić information content (AvgIpc) is 2.65. The molecule has 1 amide bonds. The van der Waals surface area contributed by atoms with E-state index >= 15 is 0 Å². The van der Waals surface area contributed by atoms with Gasteiger partial charge < -0.3 is 15.2 Å². The number of aliphatic carboxylic acids is 1. The molecule has 1 aliphatic rings. The van der Waals surface area contributed by atoms with E-state index in [1.807, 2.05) is 43.1 Å². The maximum atomic E-state index is 12.2. The van der Waals surface area contributed by atoms with Crippen molar-refractivity contribution in [3.63, 3.8) is 0 Å². The van der Waals surface area contributed by atoms with Gasteiger partial charge in [0.25, 0.3) is 0 Å². The number of carbonyl (C=O) groups is 2. The first-order valence-electron chi connectivity index (χ1n) is 9.54. The van der Waals surface area contributed by atoms with Gasteiger partial charge in [-0.1, -0.05) is 24.3 Å². The molecule has 0 atom stereocenters. The zero-order valence-corrected chi connectivity index (χ0v) is 16.3. The number of piperidine rings is 1. The van der Waals surface area contributed by atoms with Crippen molar-refractivity contribution in [1.29, 1.82) is 0 Å². The Morgan fingerprint density at radius 3 is 2.44 bits per heavy atom. The molecule has 7 nitrogen and oxygen atoms in total. The molecule has 1 aliphatic heterocycles. The van der Waals surface area contributed by atoms with Gasteiger partial charge in [-0.15, -0.1) is 0 Å². The first-order chi connectivity index (χ1) is 13.0. The molecule has 0 spiro atoms. The molecule has 0 bridgehead atoms. The van der Waals surface area contributed by atoms with Crippen molar-refractivity contribution in [3.05, 3.63) is 35.4 Å². The van der Waals surface area contributed by atoms with Gasteiger partial charge in [0, 0.05) is 32.3 Å². The minimum Gasteiger partial charge on any atom is -0.480 e. The van der Waals surface area contributed by atoms with Crippen molar-refractivity contribution in [3.8, 4) is 0 Å². The molecule has 0 aliphatic carbocycles. The summed E-state index contributed by atoms with van der Waals surface area (Å²) in [5.74, 6) is -0.782. The van der Waals surface area contributed by atoms with E-state index < -0.39 is 5.97 Å². The summed E-state index contributed by atoms with van der Waals surface area (Å²) in [6.45, 7) is 5.88. The van der Waals surface area contributed by atoms with E-state index in [1.54, 1.807) is 0 Å². The van der Waals surface area contributed by atoms with Gasteiger partial charge in [0.15, 0.2) is 0 Å². The number of hydrogen-bond donors (Lipinski definition) is 2. The Morgan fingerprint density at radius 2 is 1.85 bits per heavy atom. The number of rotatable bonds is 10. The molecular formula is C20H31N3O4. The minimum absolute atomic E-state index is 0.0192. The average molecular weight is 377 g/mol. The molecule has 0 unspecified atom stereocenters. The van der Waals surface area contributed by atoms with Crippen molar-refractivity contribution in [1.82, 2.24) is 15.1 Å². The topological polar surface area (TPSA) is 82.1 Å². The highest BCUT2D eigenvalue weighted by Crippen LogP contribution is 2.15. The number of carbonyl (C=O) groups excluding carboxylic acids is 1. The van der Waals surface area contributed by atoms with Crippen LogP contribution in [0, 0.1) is 0 Å². The highest BCUT2D eigenvalue weighted by atomic mass is 16.5. The van der Waals surface area contributed by atoms with E-state index in [9.17, 15) is 9.59 Å². The van der Waals surface area contributed by atoms with Gasteiger partial charge in [0.05, 0.1) is 19.7 Å². The van der Waals surface area contributed by atoms with E-state index in [0.29, 0.717) is 26.3 Å². The number of nitrogens with zero attached hydrogens (tertiary/aromatic N) is 2. The molecule has 0 saturated carbocycles. The van der Waals surface area contributed by atoms with Crippen molar-refractivity contribution in [2.24, 2.45) is 0 Å². The van der Waals surface area contributed by atoms with Gasteiger partial charge in [-0.05, 0) is 37.9 Å². The highest BCUT2D eigenvalue weighted by Gasteiger charge is 2.24. The van der Waals surface area contributed by atoms with E-state index in [2.05, 4.69) is 10.2 Å². The summed E-state index contributed by atoms with van der Waals surface area (Å²) in [5.41, 5.74) is 2.19. The van der Waals surface area contributed by atoms with Crippen LogP contribution in [-0.2, 0) is 27.5 Å². The molecular weight excluding hydrogens is 346 g/mol. The lowest BCUT2D eigenvalue weighted by atomic mass is 10.0. The van der Waals surface area contributed by atoms with Gasteiger partial charge in [-0.2, -0.15) is 0 Å². The second-order valence-corrected chi connectivity index (χ2v) is 7.05.